The van der Waals surface area contributed by atoms with Crippen molar-refractivity contribution in [2.45, 2.75) is 19.8 Å². The maximum atomic E-state index is 13.0. The van der Waals surface area contributed by atoms with Crippen LogP contribution < -0.4 is 5.32 Å². The van der Waals surface area contributed by atoms with Crippen molar-refractivity contribution in [3.8, 4) is 11.1 Å². The summed E-state index contributed by atoms with van der Waals surface area (Å²) in [7, 11) is 0. The summed E-state index contributed by atoms with van der Waals surface area (Å²) in [4.78, 5) is 24.4. The second kappa shape index (κ2) is 8.68. The normalized spacial score (nSPS) is 10.8. The molecule has 148 valence electrons. The Kier molecular flexibility index (Phi) is 6.26. The predicted octanol–water partition coefficient (Wildman–Crippen LogP) is 6.73. The number of carboxylic acid groups (broad SMARTS) is 1. The molecule has 3 aromatic rings. The van der Waals surface area contributed by atoms with Crippen LogP contribution in [0.25, 0.3) is 11.1 Å². The van der Waals surface area contributed by atoms with Gasteiger partial charge in [-0.05, 0) is 35.2 Å². The smallest absolute Gasteiger partial charge is 0.335 e. The standard InChI is InChI=1S/C23H19Cl2NO3/c1-13(2)16-9-8-15(23(28)29)12-18(16)22(27)26-21-19(24)11-10-17(20(21)25)14-6-4-3-5-7-14/h3-13H,1-2H3,(H,26,27)(H,28,29). The highest BCUT2D eigenvalue weighted by atomic mass is 35.5. The van der Waals surface area contributed by atoms with E-state index in [1.165, 1.54) is 12.1 Å². The van der Waals surface area contributed by atoms with Gasteiger partial charge in [0.15, 0.2) is 0 Å². The van der Waals surface area contributed by atoms with Gasteiger partial charge in [0.25, 0.3) is 5.91 Å². The molecule has 3 rings (SSSR count). The number of halogens is 2. The average Bonchev–Trinajstić information content (AvgIpc) is 2.71. The van der Waals surface area contributed by atoms with Gasteiger partial charge in [-0.3, -0.25) is 4.79 Å². The summed E-state index contributed by atoms with van der Waals surface area (Å²) in [5, 5.41) is 12.7. The number of carbonyl (C=O) groups is 2. The molecule has 3 aromatic carbocycles. The Morgan fingerprint density at radius 1 is 0.966 bits per heavy atom. The van der Waals surface area contributed by atoms with Gasteiger partial charge in [-0.15, -0.1) is 0 Å². The lowest BCUT2D eigenvalue weighted by atomic mass is 9.94. The lowest BCUT2D eigenvalue weighted by Crippen LogP contribution is -2.16. The van der Waals surface area contributed by atoms with Crippen molar-refractivity contribution in [1.29, 1.82) is 0 Å². The van der Waals surface area contributed by atoms with Crippen LogP contribution in [0.5, 0.6) is 0 Å². The van der Waals surface area contributed by atoms with Crippen LogP contribution in [0.2, 0.25) is 10.0 Å². The first-order chi connectivity index (χ1) is 13.8. The molecule has 0 aliphatic rings. The largest absolute Gasteiger partial charge is 0.478 e. The van der Waals surface area contributed by atoms with E-state index in [-0.39, 0.29) is 22.7 Å². The minimum Gasteiger partial charge on any atom is -0.478 e. The van der Waals surface area contributed by atoms with Gasteiger partial charge in [-0.2, -0.15) is 0 Å². The zero-order valence-electron chi connectivity index (χ0n) is 15.9. The van der Waals surface area contributed by atoms with E-state index in [0.29, 0.717) is 10.0 Å². The fourth-order valence-corrected chi connectivity index (χ4v) is 3.65. The Bertz CT molecular complexity index is 1080. The zero-order chi connectivity index (χ0) is 21.1. The monoisotopic (exact) mass is 427 g/mol. The van der Waals surface area contributed by atoms with Crippen LogP contribution in [0.15, 0.2) is 60.7 Å². The molecule has 0 bridgehead atoms. The molecule has 0 aromatic heterocycles. The Balaban J connectivity index is 2.04. The van der Waals surface area contributed by atoms with E-state index >= 15 is 0 Å². The number of hydrogen-bond donors (Lipinski definition) is 2. The van der Waals surface area contributed by atoms with Crippen LogP contribution in [0.1, 0.15) is 46.0 Å². The van der Waals surface area contributed by atoms with Gasteiger partial charge in [0.2, 0.25) is 0 Å². The van der Waals surface area contributed by atoms with Crippen molar-refractivity contribution in [2.24, 2.45) is 0 Å². The zero-order valence-corrected chi connectivity index (χ0v) is 17.4. The van der Waals surface area contributed by atoms with Gasteiger partial charge in [0.05, 0.1) is 21.3 Å². The van der Waals surface area contributed by atoms with E-state index in [2.05, 4.69) is 5.32 Å². The summed E-state index contributed by atoms with van der Waals surface area (Å²) in [5.74, 6) is -1.54. The van der Waals surface area contributed by atoms with E-state index in [0.717, 1.165) is 16.7 Å². The molecule has 4 nitrogen and oxygen atoms in total. The Morgan fingerprint density at radius 2 is 1.66 bits per heavy atom. The van der Waals surface area contributed by atoms with Gasteiger partial charge < -0.3 is 10.4 Å². The highest BCUT2D eigenvalue weighted by Gasteiger charge is 2.20. The van der Waals surface area contributed by atoms with E-state index in [9.17, 15) is 14.7 Å². The molecule has 0 aliphatic heterocycles. The number of carbonyl (C=O) groups excluding carboxylic acids is 1. The fraction of sp³-hybridized carbons (Fsp3) is 0.130. The molecule has 0 atom stereocenters. The van der Waals surface area contributed by atoms with E-state index in [1.807, 2.05) is 44.2 Å². The number of anilines is 1. The molecule has 29 heavy (non-hydrogen) atoms. The van der Waals surface area contributed by atoms with E-state index in [4.69, 9.17) is 23.2 Å². The quantitative estimate of drug-likeness (QED) is 0.473. The van der Waals surface area contributed by atoms with Crippen LogP contribution in [0, 0.1) is 0 Å². The number of carboxylic acids is 1. The molecule has 0 spiro atoms. The van der Waals surface area contributed by atoms with Crippen molar-refractivity contribution >= 4 is 40.8 Å². The average molecular weight is 428 g/mol. The molecule has 0 aliphatic carbocycles. The fourth-order valence-electron chi connectivity index (χ4n) is 3.08. The summed E-state index contributed by atoms with van der Waals surface area (Å²) in [6.07, 6.45) is 0. The molecule has 6 heteroatoms. The maximum Gasteiger partial charge on any atom is 0.335 e. The highest BCUT2D eigenvalue weighted by molar-refractivity contribution is 6.41. The highest BCUT2D eigenvalue weighted by Crippen LogP contribution is 2.39. The summed E-state index contributed by atoms with van der Waals surface area (Å²) in [6.45, 7) is 3.87. The minimum atomic E-state index is -1.10. The first-order valence-electron chi connectivity index (χ1n) is 9.01. The molecular formula is C23H19Cl2NO3. The molecule has 0 radical (unpaired) electrons. The minimum absolute atomic E-state index is 0.0280. The number of benzene rings is 3. The van der Waals surface area contributed by atoms with Gasteiger partial charge in [-0.1, -0.05) is 79.5 Å². The van der Waals surface area contributed by atoms with Gasteiger partial charge in [-0.25, -0.2) is 4.79 Å². The second-order valence-electron chi connectivity index (χ2n) is 6.87. The number of aromatic carboxylic acids is 1. The number of rotatable bonds is 5. The third-order valence-corrected chi connectivity index (χ3v) is 5.29. The lowest BCUT2D eigenvalue weighted by Gasteiger charge is -2.16. The van der Waals surface area contributed by atoms with E-state index < -0.39 is 11.9 Å². The summed E-state index contributed by atoms with van der Waals surface area (Å²) in [6, 6.07) is 17.5. The van der Waals surface area contributed by atoms with Crippen molar-refractivity contribution < 1.29 is 14.7 Å². The summed E-state index contributed by atoms with van der Waals surface area (Å²) < 4.78 is 0. The summed E-state index contributed by atoms with van der Waals surface area (Å²) in [5.41, 5.74) is 2.96. The van der Waals surface area contributed by atoms with Crippen molar-refractivity contribution in [3.63, 3.8) is 0 Å². The molecule has 2 N–H and O–H groups in total. The molecule has 0 fully saturated rings. The molecular weight excluding hydrogens is 409 g/mol. The number of amides is 1. The van der Waals surface area contributed by atoms with Crippen LogP contribution >= 0.6 is 23.2 Å². The van der Waals surface area contributed by atoms with Crippen LogP contribution in [0.4, 0.5) is 5.69 Å². The molecule has 1 amide bonds. The second-order valence-corrected chi connectivity index (χ2v) is 7.65. The molecule has 0 saturated carbocycles. The van der Waals surface area contributed by atoms with Crippen molar-refractivity contribution in [2.75, 3.05) is 5.32 Å². The Morgan fingerprint density at radius 3 is 2.28 bits per heavy atom. The third-order valence-electron chi connectivity index (χ3n) is 4.58. The van der Waals surface area contributed by atoms with Crippen LogP contribution in [0.3, 0.4) is 0 Å². The van der Waals surface area contributed by atoms with Crippen molar-refractivity contribution in [3.05, 3.63) is 87.4 Å². The van der Waals surface area contributed by atoms with E-state index in [1.54, 1.807) is 18.2 Å². The maximum absolute atomic E-state index is 13.0. The van der Waals surface area contributed by atoms with Gasteiger partial charge in [0, 0.05) is 11.1 Å². The molecule has 0 unspecified atom stereocenters. The molecule has 0 heterocycles. The topological polar surface area (TPSA) is 66.4 Å². The summed E-state index contributed by atoms with van der Waals surface area (Å²) >= 11 is 12.9. The number of nitrogens with one attached hydrogen (secondary N) is 1. The SMILES string of the molecule is CC(C)c1ccc(C(=O)O)cc1C(=O)Nc1c(Cl)ccc(-c2ccccc2)c1Cl. The van der Waals surface area contributed by atoms with Crippen LogP contribution in [-0.2, 0) is 0 Å². The predicted molar refractivity (Wildman–Crippen MR) is 117 cm³/mol. The third kappa shape index (κ3) is 4.44. The van der Waals surface area contributed by atoms with Gasteiger partial charge >= 0.3 is 5.97 Å². The van der Waals surface area contributed by atoms with Crippen molar-refractivity contribution in [1.82, 2.24) is 0 Å². The first-order valence-corrected chi connectivity index (χ1v) is 9.77. The Labute approximate surface area is 179 Å². The van der Waals surface area contributed by atoms with Crippen LogP contribution in [-0.4, -0.2) is 17.0 Å². The first kappa shape index (κ1) is 20.9. The number of hydrogen-bond acceptors (Lipinski definition) is 2. The Hall–Kier alpha value is -2.82. The van der Waals surface area contributed by atoms with Gasteiger partial charge in [0.1, 0.15) is 0 Å². The molecule has 0 saturated heterocycles. The lowest BCUT2D eigenvalue weighted by molar-refractivity contribution is 0.0697.